The Morgan fingerprint density at radius 1 is 0.617 bits per heavy atom. The van der Waals surface area contributed by atoms with E-state index in [1.807, 2.05) is 76.2 Å². The van der Waals surface area contributed by atoms with Gasteiger partial charge in [-0.3, -0.25) is 14.6 Å². The summed E-state index contributed by atoms with van der Waals surface area (Å²) < 4.78 is 9.14. The molecular formula is C45H65N9O6. The maximum Gasteiger partial charge on any atom is 0.407 e. The molecule has 0 bridgehead atoms. The molecule has 0 fully saturated rings. The largest absolute Gasteiger partial charge is 0.453 e. The summed E-state index contributed by atoms with van der Waals surface area (Å²) in [5.74, 6) is 0.784. The molecule has 0 saturated carbocycles. The van der Waals surface area contributed by atoms with Gasteiger partial charge in [0.1, 0.15) is 24.7 Å². The van der Waals surface area contributed by atoms with Crippen LogP contribution in [-0.4, -0.2) is 99.1 Å². The first-order valence-corrected chi connectivity index (χ1v) is 20.8. The van der Waals surface area contributed by atoms with Crippen LogP contribution in [0.5, 0.6) is 0 Å². The maximum atomic E-state index is 12.8. The van der Waals surface area contributed by atoms with E-state index in [4.69, 9.17) is 4.98 Å². The van der Waals surface area contributed by atoms with Gasteiger partial charge in [-0.1, -0.05) is 111 Å². The molecule has 326 valence electrons. The number of nitrogens with zero attached hydrogens (tertiary/aromatic N) is 5. The lowest BCUT2D eigenvalue weighted by atomic mass is 9.96. The number of aromatic nitrogens is 5. The lowest BCUT2D eigenvalue weighted by Gasteiger charge is -2.21. The van der Waals surface area contributed by atoms with E-state index in [-0.39, 0.29) is 38.0 Å². The Balaban J connectivity index is 0.00000144. The molecule has 3 heterocycles. The van der Waals surface area contributed by atoms with Gasteiger partial charge in [0.25, 0.3) is 0 Å². The number of hydrogen-bond acceptors (Lipinski definition) is 9. The Kier molecular flexibility index (Phi) is 22.8. The molecule has 0 aliphatic carbocycles. The summed E-state index contributed by atoms with van der Waals surface area (Å²) in [6.45, 7) is 17.7. The molecule has 15 heteroatoms. The molecule has 0 aliphatic rings. The van der Waals surface area contributed by atoms with Crippen LogP contribution in [0.1, 0.15) is 92.7 Å². The van der Waals surface area contributed by atoms with Gasteiger partial charge in [0.2, 0.25) is 11.8 Å². The van der Waals surface area contributed by atoms with Crippen molar-refractivity contribution in [1.82, 2.24) is 45.4 Å². The van der Waals surface area contributed by atoms with Crippen LogP contribution < -0.4 is 10.6 Å². The van der Waals surface area contributed by atoms with Crippen molar-refractivity contribution in [2.45, 2.75) is 94.2 Å². The fourth-order valence-electron chi connectivity index (χ4n) is 5.79. The van der Waals surface area contributed by atoms with Crippen LogP contribution >= 0.6 is 0 Å². The van der Waals surface area contributed by atoms with Crippen molar-refractivity contribution in [3.8, 4) is 33.6 Å². The summed E-state index contributed by atoms with van der Waals surface area (Å²) in [6, 6.07) is 16.1. The second-order valence-electron chi connectivity index (χ2n) is 13.4. The molecule has 0 radical (unpaired) electrons. The Bertz CT molecular complexity index is 2040. The van der Waals surface area contributed by atoms with Gasteiger partial charge in [0, 0.05) is 35.8 Å². The number of rotatable bonds is 15. The molecule has 2 aromatic carbocycles. The molecule has 15 nitrogen and oxygen atoms in total. The maximum absolute atomic E-state index is 12.8. The first-order chi connectivity index (χ1) is 29.1. The molecular weight excluding hydrogens is 763 g/mol. The highest BCUT2D eigenvalue weighted by Gasteiger charge is 2.19. The van der Waals surface area contributed by atoms with Crippen LogP contribution in [0.2, 0.25) is 0 Å². The topological polar surface area (TPSA) is 188 Å². The lowest BCUT2D eigenvalue weighted by Crippen LogP contribution is -2.40. The van der Waals surface area contributed by atoms with Gasteiger partial charge in [-0.15, -0.1) is 0 Å². The van der Waals surface area contributed by atoms with Crippen LogP contribution in [0.15, 0.2) is 67.1 Å². The number of H-pyrrole nitrogens is 2. The van der Waals surface area contributed by atoms with Crippen molar-refractivity contribution in [3.63, 3.8) is 0 Å². The normalized spacial score (nSPS) is 10.1. The minimum atomic E-state index is -0.661. The van der Waals surface area contributed by atoms with Crippen LogP contribution in [-0.2, 0) is 32.2 Å². The molecule has 4 N–H and O–H groups in total. The van der Waals surface area contributed by atoms with Gasteiger partial charge in [-0.2, -0.15) is 0 Å². The average Bonchev–Trinajstić information content (AvgIpc) is 3.95. The number of amides is 4. The summed E-state index contributed by atoms with van der Waals surface area (Å²) in [6.07, 6.45) is 7.95. The predicted molar refractivity (Wildman–Crippen MR) is 238 cm³/mol. The zero-order valence-corrected chi connectivity index (χ0v) is 37.1. The van der Waals surface area contributed by atoms with Crippen molar-refractivity contribution in [1.29, 1.82) is 0 Å². The quantitative estimate of drug-likeness (QED) is 0.0800. The third-order valence-corrected chi connectivity index (χ3v) is 8.34. The molecule has 5 rings (SSSR count). The molecule has 4 amide bonds. The third kappa shape index (κ3) is 15.2. The smallest absolute Gasteiger partial charge is 0.407 e. The molecule has 0 saturated heterocycles. The highest BCUT2D eigenvalue weighted by atomic mass is 16.5. The first-order valence-electron chi connectivity index (χ1n) is 20.8. The van der Waals surface area contributed by atoms with Crippen LogP contribution in [0.25, 0.3) is 44.5 Å². The molecule has 0 aliphatic heterocycles. The molecule has 5 aromatic rings. The summed E-state index contributed by atoms with van der Waals surface area (Å²) in [5, 5.41) is 5.81. The van der Waals surface area contributed by atoms with E-state index in [0.29, 0.717) is 24.7 Å². The second kappa shape index (κ2) is 27.4. The number of carbonyl (C=O) groups is 4. The van der Waals surface area contributed by atoms with Crippen LogP contribution in [0.4, 0.5) is 9.59 Å². The van der Waals surface area contributed by atoms with Crippen molar-refractivity contribution >= 4 is 34.9 Å². The van der Waals surface area contributed by atoms with E-state index in [2.05, 4.69) is 67.7 Å². The number of ether oxygens (including phenoxy) is 2. The van der Waals surface area contributed by atoms with Gasteiger partial charge in [0.15, 0.2) is 0 Å². The van der Waals surface area contributed by atoms with Crippen molar-refractivity contribution in [2.75, 3.05) is 40.4 Å². The number of alkyl carbamates (subject to hydrolysis) is 2. The van der Waals surface area contributed by atoms with Gasteiger partial charge < -0.3 is 39.9 Å². The minimum absolute atomic E-state index is 0.159. The molecule has 0 spiro atoms. The predicted octanol–water partition coefficient (Wildman–Crippen LogP) is 8.73. The number of aromatic amines is 2. The molecule has 3 aromatic heterocycles. The zero-order chi connectivity index (χ0) is 44.5. The van der Waals surface area contributed by atoms with E-state index >= 15 is 0 Å². The number of fused-ring (bicyclic) bond motifs is 1. The fourth-order valence-corrected chi connectivity index (χ4v) is 5.79. The fraction of sp³-hybridized carbons (Fsp3) is 0.444. The van der Waals surface area contributed by atoms with Crippen molar-refractivity contribution in [3.05, 3.63) is 78.8 Å². The van der Waals surface area contributed by atoms with E-state index in [1.165, 1.54) is 27.1 Å². The number of imidazole rings is 2. The number of hydrogen-bond donors (Lipinski definition) is 4. The summed E-state index contributed by atoms with van der Waals surface area (Å²) in [4.78, 5) is 72.2. The Labute approximate surface area is 355 Å². The summed E-state index contributed by atoms with van der Waals surface area (Å²) in [7, 11) is 2.50. The molecule has 60 heavy (non-hydrogen) atoms. The highest BCUT2D eigenvalue weighted by molar-refractivity contribution is 6.02. The third-order valence-electron chi connectivity index (χ3n) is 8.34. The first kappa shape index (κ1) is 49.9. The Morgan fingerprint density at radius 2 is 1.07 bits per heavy atom. The summed E-state index contributed by atoms with van der Waals surface area (Å²) >= 11 is 0. The average molecular weight is 828 g/mol. The van der Waals surface area contributed by atoms with Gasteiger partial charge in [0.05, 0.1) is 56.6 Å². The second-order valence-corrected chi connectivity index (χ2v) is 13.4. The zero-order valence-electron chi connectivity index (χ0n) is 37.1. The van der Waals surface area contributed by atoms with E-state index in [0.717, 1.165) is 57.4 Å². The summed E-state index contributed by atoms with van der Waals surface area (Å²) in [5.41, 5.74) is 6.22. The highest BCUT2D eigenvalue weighted by Crippen LogP contribution is 2.34. The van der Waals surface area contributed by atoms with Crippen molar-refractivity contribution in [2.24, 2.45) is 0 Å². The van der Waals surface area contributed by atoms with E-state index in [1.54, 1.807) is 28.4 Å². The number of nitrogens with one attached hydrogen (secondary N) is 4. The number of pyridine rings is 1. The number of methoxy groups -OCH3 is 2. The van der Waals surface area contributed by atoms with Crippen LogP contribution in [0.3, 0.4) is 0 Å². The van der Waals surface area contributed by atoms with E-state index < -0.39 is 12.2 Å². The monoisotopic (exact) mass is 828 g/mol. The van der Waals surface area contributed by atoms with Gasteiger partial charge in [-0.05, 0) is 30.0 Å². The number of carbonyl (C=O) groups excluding carboxylic acids is 4. The Hall–Kier alpha value is -6.25. The van der Waals surface area contributed by atoms with Crippen LogP contribution in [0, 0.1) is 0 Å². The van der Waals surface area contributed by atoms with E-state index in [9.17, 15) is 19.2 Å². The molecule has 0 unspecified atom stereocenters. The lowest BCUT2D eigenvalue weighted by molar-refractivity contribution is -0.131. The van der Waals surface area contributed by atoms with Crippen molar-refractivity contribution < 1.29 is 28.7 Å². The Morgan fingerprint density at radius 3 is 1.55 bits per heavy atom. The minimum Gasteiger partial charge on any atom is -0.453 e. The van der Waals surface area contributed by atoms with Gasteiger partial charge >= 0.3 is 12.2 Å². The molecule has 0 atom stereocenters. The number of benzene rings is 2. The van der Waals surface area contributed by atoms with Gasteiger partial charge in [-0.25, -0.2) is 19.6 Å². The standard InChI is InChI=1S/C37H43N9O6.2C3H8.C2H6/c1-5-16-45(33(47)20-41-36(49)51-3)22-31-39-18-29(43-31)25-11-9-24(10-12-25)26-13-14-27(28-8-7-15-38-35(26)28)30-19-40-32(44-30)23-46(17-6-2)34(48)21-42-37(50)52-4;2*1-3-2;1-2/h7-15,18-19H,5-6,16-17,20-23H2,1-4H3,(H,39,43)(H,40,44)(H,41,49)(H,42,50);2*3H2,1-2H3;1-2H3. The SMILES string of the molecule is CC.CCC.CCC.CCCN(Cc1ncc(-c2ccc(-c3ccc(-c4cnc(CN(CCC)C(=O)CNC(=O)OC)[nH]4)c4cccnc34)cc2)[nH]1)C(=O)CNC(=O)OC.